The molecular formula is C24H35F3N2O2. The number of nitrogens with one attached hydrogen (secondary N) is 1. The lowest BCUT2D eigenvalue weighted by Crippen LogP contribution is -2.43. The van der Waals surface area contributed by atoms with Crippen LogP contribution in [0.2, 0.25) is 0 Å². The van der Waals surface area contributed by atoms with Gasteiger partial charge >= 0.3 is 6.18 Å². The van der Waals surface area contributed by atoms with Crippen LogP contribution < -0.4 is 5.32 Å². The molecule has 0 unspecified atom stereocenters. The Labute approximate surface area is 183 Å². The second-order valence-electron chi connectivity index (χ2n) is 9.49. The molecule has 2 amide bonds. The molecule has 174 valence electrons. The summed E-state index contributed by atoms with van der Waals surface area (Å²) < 4.78 is 38.5. The first-order chi connectivity index (χ1) is 14.4. The molecular weight excluding hydrogens is 405 g/mol. The Balaban J connectivity index is 2.07. The Bertz CT molecular complexity index is 739. The van der Waals surface area contributed by atoms with Gasteiger partial charge in [-0.2, -0.15) is 13.2 Å². The van der Waals surface area contributed by atoms with Crippen LogP contribution in [0.3, 0.4) is 0 Å². The summed E-state index contributed by atoms with van der Waals surface area (Å²) in [5.74, 6) is -0.651. The maximum Gasteiger partial charge on any atom is 0.416 e. The Morgan fingerprint density at radius 3 is 2.13 bits per heavy atom. The monoisotopic (exact) mass is 440 g/mol. The van der Waals surface area contributed by atoms with E-state index in [1.807, 2.05) is 20.8 Å². The highest BCUT2D eigenvalue weighted by Gasteiger charge is 2.49. The predicted octanol–water partition coefficient (Wildman–Crippen LogP) is 5.81. The number of rotatable bonds is 10. The number of carbonyl (C=O) groups excluding carboxylic acids is 2. The van der Waals surface area contributed by atoms with E-state index in [0.29, 0.717) is 13.0 Å². The molecule has 0 spiro atoms. The zero-order valence-electron chi connectivity index (χ0n) is 19.0. The molecule has 0 bridgehead atoms. The van der Waals surface area contributed by atoms with Gasteiger partial charge < -0.3 is 10.2 Å². The molecule has 0 heterocycles. The van der Waals surface area contributed by atoms with Gasteiger partial charge in [0.15, 0.2) is 0 Å². The molecule has 1 aliphatic rings. The Kier molecular flexibility index (Phi) is 8.55. The average molecular weight is 441 g/mol. The summed E-state index contributed by atoms with van der Waals surface area (Å²) in [4.78, 5) is 27.3. The van der Waals surface area contributed by atoms with Gasteiger partial charge in [-0.1, -0.05) is 39.0 Å². The van der Waals surface area contributed by atoms with Crippen molar-refractivity contribution in [1.29, 1.82) is 0 Å². The first kappa shape index (κ1) is 25.2. The smallest absolute Gasteiger partial charge is 0.351 e. The molecule has 31 heavy (non-hydrogen) atoms. The van der Waals surface area contributed by atoms with Crippen molar-refractivity contribution in [3.05, 3.63) is 35.4 Å². The number of carbonyl (C=O) groups is 2. The minimum absolute atomic E-state index is 0.0781. The SMILES string of the molecule is CCCCCCCCN(C(=O)c1ccc(C(F)(F)F)cc1)[C@@H]1C[C@H]1C(=O)NC(C)(C)C. The van der Waals surface area contributed by atoms with E-state index in [1.54, 1.807) is 4.90 Å². The largest absolute Gasteiger partial charge is 0.416 e. The van der Waals surface area contributed by atoms with E-state index >= 15 is 0 Å². The van der Waals surface area contributed by atoms with Crippen molar-refractivity contribution >= 4 is 11.8 Å². The molecule has 0 radical (unpaired) electrons. The number of benzene rings is 1. The second kappa shape index (κ2) is 10.5. The molecule has 1 saturated carbocycles. The van der Waals surface area contributed by atoms with Gasteiger partial charge in [0, 0.05) is 23.7 Å². The van der Waals surface area contributed by atoms with Crippen LogP contribution >= 0.6 is 0 Å². The highest BCUT2D eigenvalue weighted by Crippen LogP contribution is 2.38. The van der Waals surface area contributed by atoms with Gasteiger partial charge in [0.2, 0.25) is 5.91 Å². The summed E-state index contributed by atoms with van der Waals surface area (Å²) in [6.45, 7) is 8.38. The number of unbranched alkanes of at least 4 members (excludes halogenated alkanes) is 5. The zero-order valence-corrected chi connectivity index (χ0v) is 19.0. The van der Waals surface area contributed by atoms with Crippen LogP contribution in [0.4, 0.5) is 13.2 Å². The highest BCUT2D eigenvalue weighted by atomic mass is 19.4. The van der Waals surface area contributed by atoms with Crippen LogP contribution in [0, 0.1) is 5.92 Å². The third-order valence-electron chi connectivity index (χ3n) is 5.46. The Morgan fingerprint density at radius 2 is 1.58 bits per heavy atom. The van der Waals surface area contributed by atoms with Crippen LogP contribution in [0.1, 0.15) is 88.6 Å². The summed E-state index contributed by atoms with van der Waals surface area (Å²) in [6, 6.07) is 4.13. The van der Waals surface area contributed by atoms with Crippen molar-refractivity contribution in [3.8, 4) is 0 Å². The molecule has 0 saturated heterocycles. The molecule has 2 rings (SSSR count). The molecule has 1 fully saturated rings. The van der Waals surface area contributed by atoms with E-state index in [4.69, 9.17) is 0 Å². The lowest BCUT2D eigenvalue weighted by molar-refractivity contribution is -0.137. The van der Waals surface area contributed by atoms with E-state index in [1.165, 1.54) is 18.6 Å². The Morgan fingerprint density at radius 1 is 1.00 bits per heavy atom. The minimum Gasteiger partial charge on any atom is -0.351 e. The van der Waals surface area contributed by atoms with Gasteiger partial charge in [-0.25, -0.2) is 0 Å². The molecule has 1 aliphatic carbocycles. The van der Waals surface area contributed by atoms with E-state index in [0.717, 1.165) is 44.2 Å². The van der Waals surface area contributed by atoms with Crippen molar-refractivity contribution in [2.24, 2.45) is 5.92 Å². The molecule has 0 aliphatic heterocycles. The molecule has 0 aromatic heterocycles. The molecule has 1 aromatic rings. The van der Waals surface area contributed by atoms with E-state index in [2.05, 4.69) is 12.2 Å². The van der Waals surface area contributed by atoms with Crippen LogP contribution in [0.25, 0.3) is 0 Å². The molecule has 4 nitrogen and oxygen atoms in total. The van der Waals surface area contributed by atoms with Crippen molar-refractivity contribution in [3.63, 3.8) is 0 Å². The Hall–Kier alpha value is -2.05. The standard InChI is InChI=1S/C24H35F3N2O2/c1-5-6-7-8-9-10-15-29(20-16-19(20)21(30)28-23(2,3)4)22(31)17-11-13-18(14-12-17)24(25,26)27/h11-14,19-20H,5-10,15-16H2,1-4H3,(H,28,30)/t19-,20-/m1/s1. The number of alkyl halides is 3. The van der Waals surface area contributed by atoms with Gasteiger partial charge in [0.05, 0.1) is 11.5 Å². The van der Waals surface area contributed by atoms with Crippen molar-refractivity contribution < 1.29 is 22.8 Å². The maximum atomic E-state index is 13.1. The molecule has 1 aromatic carbocycles. The van der Waals surface area contributed by atoms with Crippen molar-refractivity contribution in [1.82, 2.24) is 10.2 Å². The van der Waals surface area contributed by atoms with Gasteiger partial charge in [-0.3, -0.25) is 9.59 Å². The summed E-state index contributed by atoms with van der Waals surface area (Å²) >= 11 is 0. The summed E-state index contributed by atoms with van der Waals surface area (Å²) in [6.07, 6.45) is 2.55. The number of hydrogen-bond donors (Lipinski definition) is 1. The van der Waals surface area contributed by atoms with Crippen molar-refractivity contribution in [2.75, 3.05) is 6.54 Å². The zero-order chi connectivity index (χ0) is 23.2. The fourth-order valence-electron chi connectivity index (χ4n) is 3.72. The summed E-state index contributed by atoms with van der Waals surface area (Å²) in [7, 11) is 0. The third-order valence-corrected chi connectivity index (χ3v) is 5.46. The third kappa shape index (κ3) is 7.86. The summed E-state index contributed by atoms with van der Waals surface area (Å²) in [5, 5.41) is 2.96. The van der Waals surface area contributed by atoms with Crippen LogP contribution in [0.5, 0.6) is 0 Å². The minimum atomic E-state index is -4.44. The second-order valence-corrected chi connectivity index (χ2v) is 9.49. The normalized spacial score (nSPS) is 18.5. The molecule has 7 heteroatoms. The van der Waals surface area contributed by atoms with Gasteiger partial charge in [0.25, 0.3) is 5.91 Å². The van der Waals surface area contributed by atoms with Crippen LogP contribution in [-0.2, 0) is 11.0 Å². The number of hydrogen-bond acceptors (Lipinski definition) is 2. The van der Waals surface area contributed by atoms with Crippen molar-refractivity contribution in [2.45, 2.75) is 90.4 Å². The predicted molar refractivity (Wildman–Crippen MR) is 116 cm³/mol. The van der Waals surface area contributed by atoms with E-state index in [9.17, 15) is 22.8 Å². The number of amides is 2. The molecule has 2 atom stereocenters. The van der Waals surface area contributed by atoms with Gasteiger partial charge in [-0.15, -0.1) is 0 Å². The lowest BCUT2D eigenvalue weighted by Gasteiger charge is -2.25. The van der Waals surface area contributed by atoms with Crippen LogP contribution in [0.15, 0.2) is 24.3 Å². The number of nitrogens with zero attached hydrogens (tertiary/aromatic N) is 1. The average Bonchev–Trinajstić information content (AvgIpc) is 3.46. The fraction of sp³-hybridized carbons (Fsp3) is 0.667. The number of halogens is 3. The first-order valence-corrected chi connectivity index (χ1v) is 11.2. The fourth-order valence-corrected chi connectivity index (χ4v) is 3.72. The van der Waals surface area contributed by atoms with Gasteiger partial charge in [0.1, 0.15) is 0 Å². The van der Waals surface area contributed by atoms with E-state index in [-0.39, 0.29) is 34.9 Å². The van der Waals surface area contributed by atoms with E-state index < -0.39 is 11.7 Å². The topological polar surface area (TPSA) is 49.4 Å². The molecule has 1 N–H and O–H groups in total. The first-order valence-electron chi connectivity index (χ1n) is 11.2. The highest BCUT2D eigenvalue weighted by molar-refractivity contribution is 5.95. The maximum absolute atomic E-state index is 13.1. The quantitative estimate of drug-likeness (QED) is 0.467. The lowest BCUT2D eigenvalue weighted by atomic mass is 10.1. The van der Waals surface area contributed by atoms with Crippen LogP contribution in [-0.4, -0.2) is 34.8 Å². The van der Waals surface area contributed by atoms with Gasteiger partial charge in [-0.05, 0) is 57.9 Å². The summed E-state index contributed by atoms with van der Waals surface area (Å²) in [5.41, 5.74) is -0.910.